The molecule has 2 N–H and O–H groups in total. The number of rotatable bonds is 17. The van der Waals surface area contributed by atoms with E-state index in [0.717, 1.165) is 19.3 Å². The van der Waals surface area contributed by atoms with E-state index in [2.05, 4.69) is 6.92 Å². The third-order valence-electron chi connectivity index (χ3n) is 3.96. The highest BCUT2D eigenvalue weighted by atomic mass is 32.3. The largest absolute Gasteiger partial charge is 0.293 e. The Morgan fingerprint density at radius 3 is 1.43 bits per heavy atom. The van der Waals surface area contributed by atoms with Gasteiger partial charge in [0.2, 0.25) is 21.3 Å². The summed E-state index contributed by atoms with van der Waals surface area (Å²) >= 11 is -2.49. The molecule has 5 nitrogen and oxygen atoms in total. The van der Waals surface area contributed by atoms with Gasteiger partial charge in [-0.15, -0.1) is 4.13 Å². The highest BCUT2D eigenvalue weighted by molar-refractivity contribution is 7.99. The SMILES string of the molecule is CCCCCCCCCCCCCCCCS(=O)(=O)NS(=O)O. The van der Waals surface area contributed by atoms with E-state index in [0.29, 0.717) is 6.42 Å². The van der Waals surface area contributed by atoms with Crippen LogP contribution in [0.1, 0.15) is 96.8 Å². The topological polar surface area (TPSA) is 83.5 Å². The molecule has 0 aliphatic heterocycles. The third-order valence-corrected chi connectivity index (χ3v) is 6.38. The summed E-state index contributed by atoms with van der Waals surface area (Å²) in [5.74, 6) is -0.0721. The molecule has 0 amide bonds. The van der Waals surface area contributed by atoms with Crippen LogP contribution in [0.3, 0.4) is 0 Å². The minimum absolute atomic E-state index is 0.0721. The van der Waals surface area contributed by atoms with Crippen molar-refractivity contribution in [2.75, 3.05) is 5.75 Å². The first kappa shape index (κ1) is 23.0. The predicted molar refractivity (Wildman–Crippen MR) is 98.0 cm³/mol. The van der Waals surface area contributed by atoms with Crippen LogP contribution in [-0.2, 0) is 21.3 Å². The lowest BCUT2D eigenvalue weighted by Gasteiger charge is -2.04. The summed E-state index contributed by atoms with van der Waals surface area (Å²) in [5.41, 5.74) is 0. The summed E-state index contributed by atoms with van der Waals surface area (Å²) in [6, 6.07) is 0. The molecule has 140 valence electrons. The van der Waals surface area contributed by atoms with Gasteiger partial charge in [0.05, 0.1) is 5.75 Å². The fourth-order valence-corrected chi connectivity index (χ4v) is 4.42. The summed E-state index contributed by atoms with van der Waals surface area (Å²) in [6.45, 7) is 2.24. The Bertz CT molecular complexity index is 386. The van der Waals surface area contributed by atoms with Crippen LogP contribution in [0.4, 0.5) is 0 Å². The Morgan fingerprint density at radius 2 is 1.09 bits per heavy atom. The molecule has 0 spiro atoms. The summed E-state index contributed by atoms with van der Waals surface area (Å²) < 4.78 is 43.1. The molecule has 1 unspecified atom stereocenters. The maximum Gasteiger partial charge on any atom is 0.245 e. The van der Waals surface area contributed by atoms with Crippen LogP contribution < -0.4 is 4.13 Å². The lowest BCUT2D eigenvalue weighted by molar-refractivity contribution is 0.536. The minimum Gasteiger partial charge on any atom is -0.293 e. The van der Waals surface area contributed by atoms with E-state index in [1.807, 2.05) is 0 Å². The molecule has 0 bridgehead atoms. The standard InChI is InChI=1S/C16H35NO4S2/c1-2-3-4-5-6-7-8-9-10-11-12-13-14-15-16-23(20,21)17-22(18)19/h17H,2-16H2,1H3,(H,18,19). The average Bonchev–Trinajstić information content (AvgIpc) is 2.46. The molecule has 0 radical (unpaired) electrons. The normalized spacial score (nSPS) is 13.3. The highest BCUT2D eigenvalue weighted by Crippen LogP contribution is 2.13. The molecule has 0 aromatic rings. The Hall–Kier alpha value is 0.0200. The van der Waals surface area contributed by atoms with Crippen LogP contribution in [0.15, 0.2) is 0 Å². The fourth-order valence-electron chi connectivity index (χ4n) is 2.64. The molecule has 0 fully saturated rings. The summed E-state index contributed by atoms with van der Waals surface area (Å²) in [6.07, 6.45) is 16.9. The van der Waals surface area contributed by atoms with Crippen molar-refractivity contribution in [1.82, 2.24) is 4.13 Å². The van der Waals surface area contributed by atoms with Crippen LogP contribution in [0.2, 0.25) is 0 Å². The molecule has 0 saturated carbocycles. The van der Waals surface area contributed by atoms with Crippen LogP contribution in [-0.4, -0.2) is 22.9 Å². The molecule has 0 heterocycles. The van der Waals surface area contributed by atoms with Crippen molar-refractivity contribution >= 4 is 21.3 Å². The van der Waals surface area contributed by atoms with Gasteiger partial charge in [-0.05, 0) is 6.42 Å². The van der Waals surface area contributed by atoms with Gasteiger partial charge in [0.1, 0.15) is 0 Å². The van der Waals surface area contributed by atoms with E-state index in [1.165, 1.54) is 64.2 Å². The van der Waals surface area contributed by atoms with Crippen LogP contribution in [0.25, 0.3) is 0 Å². The van der Waals surface area contributed by atoms with Crippen LogP contribution >= 0.6 is 0 Å². The zero-order valence-corrected chi connectivity index (χ0v) is 16.2. The number of unbranched alkanes of at least 4 members (excludes halogenated alkanes) is 13. The quantitative estimate of drug-likeness (QED) is 0.291. The molecule has 0 aliphatic carbocycles. The monoisotopic (exact) mass is 369 g/mol. The average molecular weight is 370 g/mol. The first-order chi connectivity index (χ1) is 11.0. The number of nitrogens with one attached hydrogen (secondary N) is 1. The zero-order chi connectivity index (χ0) is 17.4. The summed E-state index contributed by atoms with van der Waals surface area (Å²) in [7, 11) is -3.60. The van der Waals surface area contributed by atoms with Crippen LogP contribution in [0.5, 0.6) is 0 Å². The molecule has 0 rings (SSSR count). The van der Waals surface area contributed by atoms with Gasteiger partial charge in [0, 0.05) is 0 Å². The maximum atomic E-state index is 11.3. The van der Waals surface area contributed by atoms with Gasteiger partial charge in [-0.2, -0.15) is 0 Å². The smallest absolute Gasteiger partial charge is 0.245 e. The number of hydrogen-bond acceptors (Lipinski definition) is 3. The molecule has 7 heteroatoms. The highest BCUT2D eigenvalue weighted by Gasteiger charge is 2.11. The molecular formula is C16H35NO4S2. The van der Waals surface area contributed by atoms with E-state index in [4.69, 9.17) is 4.55 Å². The first-order valence-electron chi connectivity index (χ1n) is 9.09. The Kier molecular flexibility index (Phi) is 15.6. The van der Waals surface area contributed by atoms with Gasteiger partial charge >= 0.3 is 0 Å². The molecule has 0 aromatic carbocycles. The second-order valence-electron chi connectivity index (χ2n) is 6.25. The lowest BCUT2D eigenvalue weighted by atomic mass is 10.0. The van der Waals surface area contributed by atoms with E-state index < -0.39 is 21.3 Å². The minimum atomic E-state index is -3.60. The van der Waals surface area contributed by atoms with Gasteiger partial charge in [0.15, 0.2) is 0 Å². The van der Waals surface area contributed by atoms with Crippen molar-refractivity contribution in [2.24, 2.45) is 0 Å². The second kappa shape index (κ2) is 15.5. The third kappa shape index (κ3) is 18.2. The predicted octanol–water partition coefficient (Wildman–Crippen LogP) is 4.52. The van der Waals surface area contributed by atoms with E-state index in [-0.39, 0.29) is 5.75 Å². The zero-order valence-electron chi connectivity index (χ0n) is 14.6. The molecule has 23 heavy (non-hydrogen) atoms. The second-order valence-corrected chi connectivity index (χ2v) is 9.05. The van der Waals surface area contributed by atoms with Crippen molar-refractivity contribution in [3.05, 3.63) is 0 Å². The van der Waals surface area contributed by atoms with Crippen molar-refractivity contribution in [3.63, 3.8) is 0 Å². The van der Waals surface area contributed by atoms with Gasteiger partial charge in [0.25, 0.3) is 0 Å². The van der Waals surface area contributed by atoms with E-state index in [9.17, 15) is 12.6 Å². The molecule has 0 saturated heterocycles. The lowest BCUT2D eigenvalue weighted by Crippen LogP contribution is -2.27. The molecule has 0 aliphatic rings. The van der Waals surface area contributed by atoms with Crippen molar-refractivity contribution in [1.29, 1.82) is 0 Å². The molecule has 0 aromatic heterocycles. The van der Waals surface area contributed by atoms with E-state index in [1.54, 1.807) is 4.13 Å². The Balaban J connectivity index is 3.23. The summed E-state index contributed by atoms with van der Waals surface area (Å²) in [4.78, 5) is 0. The first-order valence-corrected chi connectivity index (χ1v) is 11.8. The number of hydrogen-bond donors (Lipinski definition) is 2. The Labute approximate surface area is 145 Å². The molecule has 1 atom stereocenters. The van der Waals surface area contributed by atoms with Crippen LogP contribution in [0, 0.1) is 0 Å². The van der Waals surface area contributed by atoms with Crippen molar-refractivity contribution in [2.45, 2.75) is 96.8 Å². The van der Waals surface area contributed by atoms with E-state index >= 15 is 0 Å². The van der Waals surface area contributed by atoms with Gasteiger partial charge in [-0.25, -0.2) is 12.6 Å². The molecular weight excluding hydrogens is 334 g/mol. The van der Waals surface area contributed by atoms with Gasteiger partial charge in [-0.1, -0.05) is 90.4 Å². The maximum absolute atomic E-state index is 11.3. The fraction of sp³-hybridized carbons (Fsp3) is 1.00. The van der Waals surface area contributed by atoms with Crippen molar-refractivity contribution in [3.8, 4) is 0 Å². The van der Waals surface area contributed by atoms with Crippen molar-refractivity contribution < 1.29 is 17.2 Å². The Morgan fingerprint density at radius 1 is 0.739 bits per heavy atom. The number of sulfonamides is 1. The van der Waals surface area contributed by atoms with Gasteiger partial charge in [-0.3, -0.25) is 4.55 Å². The summed E-state index contributed by atoms with van der Waals surface area (Å²) in [5, 5.41) is 0. The van der Waals surface area contributed by atoms with Gasteiger partial charge < -0.3 is 0 Å².